The van der Waals surface area contributed by atoms with Crippen molar-refractivity contribution in [2.45, 2.75) is 17.9 Å². The standard InChI is InChI=1S/C11H13NO4S2/c1-9-2-4-11(5-3-9)18(15,16)12-10-6-7-17(13,14)8-10/h2-7,10,12H,8H2,1H3/t10-/m1/s1. The van der Waals surface area contributed by atoms with Gasteiger partial charge in [0.2, 0.25) is 10.0 Å². The number of aryl methyl sites for hydroxylation is 1. The molecular weight excluding hydrogens is 274 g/mol. The van der Waals surface area contributed by atoms with Gasteiger partial charge in [-0.3, -0.25) is 0 Å². The Morgan fingerprint density at radius 2 is 1.83 bits per heavy atom. The van der Waals surface area contributed by atoms with Crippen LogP contribution in [-0.4, -0.2) is 28.6 Å². The second-order valence-corrected chi connectivity index (χ2v) is 7.84. The molecule has 1 aromatic rings. The Hall–Kier alpha value is -1.18. The predicted molar refractivity (Wildman–Crippen MR) is 68.2 cm³/mol. The van der Waals surface area contributed by atoms with Crippen LogP contribution in [0.3, 0.4) is 0 Å². The molecule has 0 spiro atoms. The number of sulfonamides is 1. The van der Waals surface area contributed by atoms with Gasteiger partial charge in [0.15, 0.2) is 9.84 Å². The van der Waals surface area contributed by atoms with Crippen LogP contribution in [0.5, 0.6) is 0 Å². The smallest absolute Gasteiger partial charge is 0.224 e. The van der Waals surface area contributed by atoms with Crippen LogP contribution in [0.25, 0.3) is 0 Å². The Balaban J connectivity index is 2.19. The summed E-state index contributed by atoms with van der Waals surface area (Å²) in [6.07, 6.45) is 1.35. The maximum atomic E-state index is 12.0. The fourth-order valence-electron chi connectivity index (χ4n) is 1.63. The van der Waals surface area contributed by atoms with Crippen molar-refractivity contribution in [1.29, 1.82) is 0 Å². The van der Waals surface area contributed by atoms with E-state index in [1.54, 1.807) is 12.1 Å². The second kappa shape index (κ2) is 4.49. The lowest BCUT2D eigenvalue weighted by Gasteiger charge is -2.10. The number of hydrogen-bond acceptors (Lipinski definition) is 4. The largest absolute Gasteiger partial charge is 0.241 e. The summed E-state index contributed by atoms with van der Waals surface area (Å²) in [6, 6.07) is 5.67. The molecule has 0 saturated carbocycles. The molecule has 1 heterocycles. The minimum atomic E-state index is -3.68. The van der Waals surface area contributed by atoms with Crippen LogP contribution in [0.15, 0.2) is 40.6 Å². The van der Waals surface area contributed by atoms with Crippen LogP contribution in [0, 0.1) is 6.92 Å². The lowest BCUT2D eigenvalue weighted by atomic mass is 10.2. The van der Waals surface area contributed by atoms with Crippen molar-refractivity contribution in [2.24, 2.45) is 0 Å². The number of rotatable bonds is 3. The van der Waals surface area contributed by atoms with Crippen molar-refractivity contribution in [1.82, 2.24) is 4.72 Å². The lowest BCUT2D eigenvalue weighted by molar-refractivity contribution is 0.575. The van der Waals surface area contributed by atoms with E-state index in [0.29, 0.717) is 0 Å². The summed E-state index contributed by atoms with van der Waals surface area (Å²) in [5.41, 5.74) is 0.956. The van der Waals surface area contributed by atoms with Gasteiger partial charge in [-0.05, 0) is 19.1 Å². The molecule has 1 N–H and O–H groups in total. The molecule has 18 heavy (non-hydrogen) atoms. The fourth-order valence-corrected chi connectivity index (χ4v) is 4.17. The van der Waals surface area contributed by atoms with Crippen LogP contribution < -0.4 is 4.72 Å². The van der Waals surface area contributed by atoms with E-state index in [2.05, 4.69) is 4.72 Å². The Morgan fingerprint density at radius 3 is 2.33 bits per heavy atom. The van der Waals surface area contributed by atoms with E-state index in [1.165, 1.54) is 18.2 Å². The maximum Gasteiger partial charge on any atom is 0.241 e. The molecule has 0 bridgehead atoms. The molecule has 5 nitrogen and oxygen atoms in total. The summed E-state index contributed by atoms with van der Waals surface area (Å²) < 4.78 is 48.7. The minimum Gasteiger partial charge on any atom is -0.224 e. The van der Waals surface area contributed by atoms with E-state index in [0.717, 1.165) is 11.0 Å². The van der Waals surface area contributed by atoms with Gasteiger partial charge in [0, 0.05) is 5.41 Å². The highest BCUT2D eigenvalue weighted by Gasteiger charge is 2.26. The van der Waals surface area contributed by atoms with Gasteiger partial charge in [-0.1, -0.05) is 23.8 Å². The molecule has 1 atom stereocenters. The molecule has 7 heteroatoms. The van der Waals surface area contributed by atoms with Crippen LogP contribution in [-0.2, 0) is 19.9 Å². The molecule has 1 aliphatic heterocycles. The van der Waals surface area contributed by atoms with Gasteiger partial charge in [0.1, 0.15) is 0 Å². The van der Waals surface area contributed by atoms with Crippen molar-refractivity contribution in [3.63, 3.8) is 0 Å². The fraction of sp³-hybridized carbons (Fsp3) is 0.273. The Labute approximate surface area is 106 Å². The highest BCUT2D eigenvalue weighted by molar-refractivity contribution is 7.94. The van der Waals surface area contributed by atoms with Gasteiger partial charge in [-0.15, -0.1) is 0 Å². The summed E-state index contributed by atoms with van der Waals surface area (Å²) in [4.78, 5) is 0.130. The first-order valence-electron chi connectivity index (χ1n) is 5.28. The summed E-state index contributed by atoms with van der Waals surface area (Å²) >= 11 is 0. The van der Waals surface area contributed by atoms with E-state index in [1.807, 2.05) is 6.92 Å². The molecule has 1 aromatic carbocycles. The quantitative estimate of drug-likeness (QED) is 0.882. The molecule has 0 fully saturated rings. The summed E-state index contributed by atoms with van der Waals surface area (Å²) in [5.74, 6) is -0.224. The lowest BCUT2D eigenvalue weighted by Crippen LogP contribution is -2.35. The average molecular weight is 287 g/mol. The summed E-state index contributed by atoms with van der Waals surface area (Å²) in [6.45, 7) is 1.86. The highest BCUT2D eigenvalue weighted by Crippen LogP contribution is 2.14. The average Bonchev–Trinajstić information content (AvgIpc) is 2.57. The highest BCUT2D eigenvalue weighted by atomic mass is 32.2. The molecule has 1 aliphatic rings. The van der Waals surface area contributed by atoms with Crippen molar-refractivity contribution in [3.05, 3.63) is 41.3 Å². The Kier molecular flexibility index (Phi) is 3.31. The number of hydrogen-bond donors (Lipinski definition) is 1. The second-order valence-electron chi connectivity index (χ2n) is 4.20. The van der Waals surface area contributed by atoms with Crippen LogP contribution >= 0.6 is 0 Å². The molecule has 0 aromatic heterocycles. The number of benzene rings is 1. The van der Waals surface area contributed by atoms with E-state index in [9.17, 15) is 16.8 Å². The van der Waals surface area contributed by atoms with Gasteiger partial charge in [0.05, 0.1) is 16.7 Å². The third-order valence-electron chi connectivity index (χ3n) is 2.57. The molecule has 2 rings (SSSR count). The molecule has 0 unspecified atom stereocenters. The van der Waals surface area contributed by atoms with Crippen molar-refractivity contribution in [2.75, 3.05) is 5.75 Å². The molecule has 0 aliphatic carbocycles. The first-order chi connectivity index (χ1) is 8.28. The minimum absolute atomic E-state index is 0.130. The van der Waals surface area contributed by atoms with E-state index in [-0.39, 0.29) is 10.6 Å². The van der Waals surface area contributed by atoms with E-state index in [4.69, 9.17) is 0 Å². The summed E-state index contributed by atoms with van der Waals surface area (Å²) in [7, 11) is -6.94. The zero-order chi connectivity index (χ0) is 13.4. The zero-order valence-corrected chi connectivity index (χ0v) is 11.3. The van der Waals surface area contributed by atoms with Gasteiger partial charge in [-0.25, -0.2) is 21.6 Å². The van der Waals surface area contributed by atoms with Crippen molar-refractivity contribution >= 4 is 19.9 Å². The van der Waals surface area contributed by atoms with Gasteiger partial charge in [0.25, 0.3) is 0 Å². The predicted octanol–water partition coefficient (Wildman–Crippen LogP) is 0.584. The van der Waals surface area contributed by atoms with Gasteiger partial charge >= 0.3 is 0 Å². The van der Waals surface area contributed by atoms with Gasteiger partial charge in [-0.2, -0.15) is 0 Å². The first-order valence-corrected chi connectivity index (χ1v) is 8.48. The molecular formula is C11H13NO4S2. The monoisotopic (exact) mass is 287 g/mol. The van der Waals surface area contributed by atoms with Crippen molar-refractivity contribution < 1.29 is 16.8 Å². The number of sulfone groups is 1. The zero-order valence-electron chi connectivity index (χ0n) is 9.70. The number of nitrogens with one attached hydrogen (secondary N) is 1. The molecule has 0 radical (unpaired) electrons. The van der Waals surface area contributed by atoms with Crippen LogP contribution in [0.2, 0.25) is 0 Å². The Bertz CT molecular complexity index is 672. The molecule has 98 valence electrons. The topological polar surface area (TPSA) is 80.3 Å². The third-order valence-corrected chi connectivity index (χ3v) is 5.47. The third kappa shape index (κ3) is 2.98. The molecule has 0 amide bonds. The van der Waals surface area contributed by atoms with Crippen molar-refractivity contribution in [3.8, 4) is 0 Å². The molecule has 0 saturated heterocycles. The van der Waals surface area contributed by atoms with Crippen LogP contribution in [0.4, 0.5) is 0 Å². The SMILES string of the molecule is Cc1ccc(S(=O)(=O)N[C@@H]2C=CS(=O)(=O)C2)cc1. The van der Waals surface area contributed by atoms with Crippen LogP contribution in [0.1, 0.15) is 5.56 Å². The summed E-state index contributed by atoms with van der Waals surface area (Å²) in [5, 5.41) is 1.04. The van der Waals surface area contributed by atoms with E-state index >= 15 is 0 Å². The first kappa shape index (κ1) is 13.3. The van der Waals surface area contributed by atoms with Gasteiger partial charge < -0.3 is 0 Å². The maximum absolute atomic E-state index is 12.0. The normalized spacial score (nSPS) is 22.2. The van der Waals surface area contributed by atoms with E-state index < -0.39 is 25.9 Å². The Morgan fingerprint density at radius 1 is 1.22 bits per heavy atom.